The van der Waals surface area contributed by atoms with Crippen LogP contribution in [0, 0.1) is 12.7 Å². The van der Waals surface area contributed by atoms with Crippen molar-refractivity contribution in [2.45, 2.75) is 26.6 Å². The van der Waals surface area contributed by atoms with Crippen LogP contribution in [0.25, 0.3) is 0 Å². The first-order valence-electron chi connectivity index (χ1n) is 9.16. The van der Waals surface area contributed by atoms with E-state index < -0.39 is 5.82 Å². The van der Waals surface area contributed by atoms with E-state index in [1.54, 1.807) is 12.1 Å². The maximum Gasteiger partial charge on any atom is 0.180 e. The zero-order chi connectivity index (χ0) is 20.8. The highest BCUT2D eigenvalue weighted by Gasteiger charge is 2.15. The third-order valence-electron chi connectivity index (χ3n) is 4.49. The first-order chi connectivity index (χ1) is 14.0. The Bertz CT molecular complexity index is 957. The van der Waals surface area contributed by atoms with Gasteiger partial charge in [0.15, 0.2) is 11.5 Å². The van der Waals surface area contributed by atoms with Gasteiger partial charge in [0.2, 0.25) is 0 Å². The van der Waals surface area contributed by atoms with E-state index in [0.29, 0.717) is 28.1 Å². The maximum absolute atomic E-state index is 14.0. The summed E-state index contributed by atoms with van der Waals surface area (Å²) in [6.07, 6.45) is 0. The molecule has 0 amide bonds. The third-order valence-corrected chi connectivity index (χ3v) is 5.13. The lowest BCUT2D eigenvalue weighted by molar-refractivity contribution is 0.280. The molecule has 0 heterocycles. The van der Waals surface area contributed by atoms with Gasteiger partial charge in [-0.3, -0.25) is 0 Å². The van der Waals surface area contributed by atoms with Gasteiger partial charge in [-0.1, -0.05) is 59.1 Å². The summed E-state index contributed by atoms with van der Waals surface area (Å²) in [5.41, 5.74) is 3.67. The minimum absolute atomic E-state index is 0.0490. The predicted molar refractivity (Wildman–Crippen MR) is 115 cm³/mol. The normalized spacial score (nSPS) is 10.8. The van der Waals surface area contributed by atoms with Gasteiger partial charge < -0.3 is 14.8 Å². The molecule has 0 aromatic heterocycles. The van der Waals surface area contributed by atoms with Crippen molar-refractivity contribution in [3.8, 4) is 11.5 Å². The maximum atomic E-state index is 14.0. The Morgan fingerprint density at radius 2 is 1.66 bits per heavy atom. The summed E-state index contributed by atoms with van der Waals surface area (Å²) in [4.78, 5) is 0. The average Bonchev–Trinajstić information content (AvgIpc) is 2.70. The van der Waals surface area contributed by atoms with E-state index in [-0.39, 0.29) is 12.2 Å². The molecule has 0 fully saturated rings. The van der Waals surface area contributed by atoms with Crippen LogP contribution in [0.2, 0.25) is 10.0 Å². The van der Waals surface area contributed by atoms with E-state index >= 15 is 0 Å². The van der Waals surface area contributed by atoms with Crippen molar-refractivity contribution in [1.29, 1.82) is 0 Å². The van der Waals surface area contributed by atoms with Crippen LogP contribution in [0.15, 0.2) is 54.6 Å². The van der Waals surface area contributed by atoms with Crippen LogP contribution in [0.1, 0.15) is 22.3 Å². The van der Waals surface area contributed by atoms with E-state index in [1.165, 1.54) is 24.3 Å². The van der Waals surface area contributed by atoms with Crippen molar-refractivity contribution in [3.05, 3.63) is 92.7 Å². The number of benzene rings is 3. The standard InChI is InChI=1S/C23H22Cl2FNO2/c1-15-6-8-16(9-7-15)12-27-13-17-10-20(25)23(22(11-17)28-2)29-14-18-19(24)4-3-5-21(18)26/h3-11,27H,12-14H2,1-2H3. The molecule has 3 rings (SSSR count). The zero-order valence-corrected chi connectivity index (χ0v) is 17.8. The number of halogens is 3. The molecule has 0 saturated carbocycles. The summed E-state index contributed by atoms with van der Waals surface area (Å²) in [5.74, 6) is 0.414. The summed E-state index contributed by atoms with van der Waals surface area (Å²) in [6, 6.07) is 16.5. The van der Waals surface area contributed by atoms with Gasteiger partial charge in [0.05, 0.1) is 17.2 Å². The van der Waals surface area contributed by atoms with E-state index in [4.69, 9.17) is 32.7 Å². The van der Waals surface area contributed by atoms with Crippen molar-refractivity contribution in [2.24, 2.45) is 0 Å². The summed E-state index contributed by atoms with van der Waals surface area (Å²) in [7, 11) is 1.54. The third kappa shape index (κ3) is 5.63. The molecule has 0 aliphatic carbocycles. The number of nitrogens with one attached hydrogen (secondary N) is 1. The van der Waals surface area contributed by atoms with Crippen LogP contribution in [0.5, 0.6) is 11.5 Å². The van der Waals surface area contributed by atoms with Crippen LogP contribution in [-0.4, -0.2) is 7.11 Å². The van der Waals surface area contributed by atoms with Crippen LogP contribution >= 0.6 is 23.2 Å². The first-order valence-corrected chi connectivity index (χ1v) is 9.92. The van der Waals surface area contributed by atoms with Gasteiger partial charge in [0, 0.05) is 18.7 Å². The Morgan fingerprint density at radius 3 is 2.34 bits per heavy atom. The molecule has 0 bridgehead atoms. The summed E-state index contributed by atoms with van der Waals surface area (Å²) in [6.45, 7) is 3.37. The summed E-state index contributed by atoms with van der Waals surface area (Å²) >= 11 is 12.5. The Hall–Kier alpha value is -2.27. The molecule has 6 heteroatoms. The molecule has 0 atom stereocenters. The molecule has 0 aliphatic rings. The lowest BCUT2D eigenvalue weighted by Crippen LogP contribution is -2.13. The molecule has 3 aromatic rings. The average molecular weight is 434 g/mol. The second kappa shape index (κ2) is 9.97. The SMILES string of the molecule is COc1cc(CNCc2ccc(C)cc2)cc(Cl)c1OCc1c(F)cccc1Cl. The van der Waals surface area contributed by atoms with Gasteiger partial charge in [0.1, 0.15) is 12.4 Å². The highest BCUT2D eigenvalue weighted by atomic mass is 35.5. The minimum atomic E-state index is -0.426. The molecule has 3 aromatic carbocycles. The molecule has 152 valence electrons. The molecular formula is C23H22Cl2FNO2. The minimum Gasteiger partial charge on any atom is -0.493 e. The monoisotopic (exact) mass is 433 g/mol. The van der Waals surface area contributed by atoms with Gasteiger partial charge in [-0.2, -0.15) is 0 Å². The van der Waals surface area contributed by atoms with Crippen molar-refractivity contribution >= 4 is 23.2 Å². The fourth-order valence-electron chi connectivity index (χ4n) is 2.89. The van der Waals surface area contributed by atoms with Gasteiger partial charge in [-0.25, -0.2) is 4.39 Å². The number of hydrogen-bond acceptors (Lipinski definition) is 3. The number of methoxy groups -OCH3 is 1. The Balaban J connectivity index is 1.67. The number of hydrogen-bond donors (Lipinski definition) is 1. The molecule has 3 nitrogen and oxygen atoms in total. The Kier molecular flexibility index (Phi) is 7.37. The van der Waals surface area contributed by atoms with Gasteiger partial charge in [-0.15, -0.1) is 0 Å². The molecule has 0 radical (unpaired) electrons. The number of aryl methyl sites for hydroxylation is 1. The Labute approximate surface area is 180 Å². The topological polar surface area (TPSA) is 30.5 Å². The van der Waals surface area contributed by atoms with Gasteiger partial charge in [-0.05, 0) is 42.3 Å². The molecule has 0 unspecified atom stereocenters. The van der Waals surface area contributed by atoms with Crippen LogP contribution in [-0.2, 0) is 19.7 Å². The quantitative estimate of drug-likeness (QED) is 0.450. The number of rotatable bonds is 8. The Morgan fingerprint density at radius 1 is 0.931 bits per heavy atom. The molecule has 29 heavy (non-hydrogen) atoms. The van der Waals surface area contributed by atoms with Crippen molar-refractivity contribution < 1.29 is 13.9 Å². The van der Waals surface area contributed by atoms with E-state index in [1.807, 2.05) is 12.1 Å². The lowest BCUT2D eigenvalue weighted by atomic mass is 10.1. The van der Waals surface area contributed by atoms with E-state index in [0.717, 1.165) is 12.1 Å². The van der Waals surface area contributed by atoms with Gasteiger partial charge >= 0.3 is 0 Å². The molecule has 0 aliphatic heterocycles. The largest absolute Gasteiger partial charge is 0.493 e. The lowest BCUT2D eigenvalue weighted by Gasteiger charge is -2.15. The molecule has 1 N–H and O–H groups in total. The highest BCUT2D eigenvalue weighted by Crippen LogP contribution is 2.37. The van der Waals surface area contributed by atoms with Crippen molar-refractivity contribution in [1.82, 2.24) is 5.32 Å². The van der Waals surface area contributed by atoms with Gasteiger partial charge in [0.25, 0.3) is 0 Å². The summed E-state index contributed by atoms with van der Waals surface area (Å²) in [5, 5.41) is 4.08. The van der Waals surface area contributed by atoms with Crippen LogP contribution in [0.4, 0.5) is 4.39 Å². The highest BCUT2D eigenvalue weighted by molar-refractivity contribution is 6.32. The summed E-state index contributed by atoms with van der Waals surface area (Å²) < 4.78 is 25.1. The number of ether oxygens (including phenoxy) is 2. The van der Waals surface area contributed by atoms with Crippen LogP contribution in [0.3, 0.4) is 0 Å². The fraction of sp³-hybridized carbons (Fsp3) is 0.217. The smallest absolute Gasteiger partial charge is 0.180 e. The second-order valence-electron chi connectivity index (χ2n) is 6.69. The second-order valence-corrected chi connectivity index (χ2v) is 7.50. The van der Waals surface area contributed by atoms with Crippen molar-refractivity contribution in [3.63, 3.8) is 0 Å². The zero-order valence-electron chi connectivity index (χ0n) is 16.3. The fourth-order valence-corrected chi connectivity index (χ4v) is 3.39. The van der Waals surface area contributed by atoms with E-state index in [9.17, 15) is 4.39 Å². The van der Waals surface area contributed by atoms with Crippen molar-refractivity contribution in [2.75, 3.05) is 7.11 Å². The molecule has 0 spiro atoms. The molecule has 0 saturated heterocycles. The van der Waals surface area contributed by atoms with E-state index in [2.05, 4.69) is 36.5 Å². The van der Waals surface area contributed by atoms with Crippen LogP contribution < -0.4 is 14.8 Å². The predicted octanol–water partition coefficient (Wildman–Crippen LogP) is 6.32. The first kappa shape index (κ1) is 21.4. The molecular weight excluding hydrogens is 412 g/mol.